The maximum atomic E-state index is 12.3. The van der Waals surface area contributed by atoms with Crippen LogP contribution in [-0.2, 0) is 0 Å². The van der Waals surface area contributed by atoms with Crippen LogP contribution in [0, 0.1) is 6.92 Å². The van der Waals surface area contributed by atoms with Gasteiger partial charge in [-0.3, -0.25) is 4.79 Å². The van der Waals surface area contributed by atoms with Crippen molar-refractivity contribution in [3.05, 3.63) is 47.7 Å². The molecule has 5 heteroatoms. The number of nitrogens with zero attached hydrogens (tertiary/aromatic N) is 1. The van der Waals surface area contributed by atoms with E-state index in [9.17, 15) is 4.79 Å². The van der Waals surface area contributed by atoms with Gasteiger partial charge in [0.05, 0.1) is 24.5 Å². The summed E-state index contributed by atoms with van der Waals surface area (Å²) in [6.07, 6.45) is 0. The largest absolute Gasteiger partial charge is 0.494 e. The molecule has 0 unspecified atom stereocenters. The molecule has 5 nitrogen and oxygen atoms in total. The van der Waals surface area contributed by atoms with E-state index in [-0.39, 0.29) is 5.91 Å². The maximum Gasteiger partial charge on any atom is 0.257 e. The summed E-state index contributed by atoms with van der Waals surface area (Å²) in [5.41, 5.74) is 1.87. The predicted molar refractivity (Wildman–Crippen MR) is 85.7 cm³/mol. The summed E-state index contributed by atoms with van der Waals surface area (Å²) in [7, 11) is 0. The minimum atomic E-state index is -0.197. The lowest BCUT2D eigenvalue weighted by molar-refractivity contribution is 0.102. The first-order valence-corrected chi connectivity index (χ1v) is 7.28. The molecule has 0 fully saturated rings. The first-order valence-electron chi connectivity index (χ1n) is 7.28. The third kappa shape index (κ3) is 3.97. The second-order valence-corrected chi connectivity index (χ2v) is 4.63. The van der Waals surface area contributed by atoms with Crippen molar-refractivity contribution in [2.24, 2.45) is 0 Å². The van der Waals surface area contributed by atoms with Crippen LogP contribution in [0.4, 0.5) is 5.69 Å². The van der Waals surface area contributed by atoms with Gasteiger partial charge in [-0.1, -0.05) is 0 Å². The lowest BCUT2D eigenvalue weighted by Crippen LogP contribution is -2.14. The van der Waals surface area contributed by atoms with Crippen LogP contribution in [0.25, 0.3) is 0 Å². The summed E-state index contributed by atoms with van der Waals surface area (Å²) in [6.45, 7) is 6.77. The molecule has 1 amide bonds. The quantitative estimate of drug-likeness (QED) is 0.887. The molecule has 0 aliphatic rings. The number of aromatic nitrogens is 1. The standard InChI is InChI=1S/C17H20N2O3/c1-4-21-14-8-6-13(7-9-14)19-17(20)15-10-11-16(22-5-2)18-12(15)3/h6-11H,4-5H2,1-3H3,(H,19,20). The second-order valence-electron chi connectivity index (χ2n) is 4.63. The summed E-state index contributed by atoms with van der Waals surface area (Å²) >= 11 is 0. The zero-order valence-corrected chi connectivity index (χ0v) is 13.1. The Kier molecular flexibility index (Phi) is 5.36. The van der Waals surface area contributed by atoms with Gasteiger partial charge in [-0.2, -0.15) is 0 Å². The summed E-state index contributed by atoms with van der Waals surface area (Å²) in [6, 6.07) is 10.7. The Labute approximate surface area is 130 Å². The fourth-order valence-electron chi connectivity index (χ4n) is 2.01. The van der Waals surface area contributed by atoms with Gasteiger partial charge in [-0.15, -0.1) is 0 Å². The van der Waals surface area contributed by atoms with Crippen LogP contribution in [0.1, 0.15) is 29.9 Å². The molecule has 1 aromatic heterocycles. The molecule has 1 heterocycles. The Bertz CT molecular complexity index is 639. The van der Waals surface area contributed by atoms with E-state index in [2.05, 4.69) is 10.3 Å². The second kappa shape index (κ2) is 7.45. The number of rotatable bonds is 6. The van der Waals surface area contributed by atoms with Gasteiger partial charge in [-0.05, 0) is 51.1 Å². The van der Waals surface area contributed by atoms with Gasteiger partial charge in [0.1, 0.15) is 5.75 Å². The Morgan fingerprint density at radius 1 is 1.05 bits per heavy atom. The van der Waals surface area contributed by atoms with Crippen molar-refractivity contribution in [1.82, 2.24) is 4.98 Å². The molecule has 0 aliphatic carbocycles. The van der Waals surface area contributed by atoms with Crippen molar-refractivity contribution >= 4 is 11.6 Å². The van der Waals surface area contributed by atoms with Crippen LogP contribution in [0.2, 0.25) is 0 Å². The first-order chi connectivity index (χ1) is 10.6. The highest BCUT2D eigenvalue weighted by atomic mass is 16.5. The molecule has 1 N–H and O–H groups in total. The van der Waals surface area contributed by atoms with Crippen LogP contribution in [0.3, 0.4) is 0 Å². The Hall–Kier alpha value is -2.56. The van der Waals surface area contributed by atoms with Gasteiger partial charge in [0.2, 0.25) is 5.88 Å². The van der Waals surface area contributed by atoms with Crippen molar-refractivity contribution in [3.8, 4) is 11.6 Å². The highest BCUT2D eigenvalue weighted by Gasteiger charge is 2.11. The number of pyridine rings is 1. The van der Waals surface area contributed by atoms with E-state index < -0.39 is 0 Å². The molecule has 116 valence electrons. The number of carbonyl (C=O) groups is 1. The summed E-state index contributed by atoms with van der Waals surface area (Å²) in [5, 5.41) is 2.84. The average Bonchev–Trinajstić information content (AvgIpc) is 2.50. The molecular formula is C17H20N2O3. The van der Waals surface area contributed by atoms with Crippen LogP contribution in [0.15, 0.2) is 36.4 Å². The van der Waals surface area contributed by atoms with Crippen LogP contribution >= 0.6 is 0 Å². The third-order valence-corrected chi connectivity index (χ3v) is 3.02. The number of hydrogen-bond acceptors (Lipinski definition) is 4. The molecule has 2 rings (SSSR count). The molecule has 0 radical (unpaired) electrons. The number of amides is 1. The number of carbonyl (C=O) groups excluding carboxylic acids is 1. The molecule has 0 spiro atoms. The summed E-state index contributed by atoms with van der Waals surface area (Å²) in [4.78, 5) is 16.6. The van der Waals surface area contributed by atoms with Gasteiger partial charge in [-0.25, -0.2) is 4.98 Å². The number of hydrogen-bond donors (Lipinski definition) is 1. The van der Waals surface area contributed by atoms with Crippen LogP contribution in [0.5, 0.6) is 11.6 Å². The molecule has 2 aromatic rings. The number of aryl methyl sites for hydroxylation is 1. The van der Waals surface area contributed by atoms with Crippen molar-refractivity contribution in [3.63, 3.8) is 0 Å². The number of benzene rings is 1. The molecule has 0 atom stereocenters. The Morgan fingerprint density at radius 3 is 2.32 bits per heavy atom. The highest BCUT2D eigenvalue weighted by Crippen LogP contribution is 2.18. The molecular weight excluding hydrogens is 280 g/mol. The fraction of sp³-hybridized carbons (Fsp3) is 0.294. The van der Waals surface area contributed by atoms with E-state index >= 15 is 0 Å². The lowest BCUT2D eigenvalue weighted by Gasteiger charge is -2.10. The van der Waals surface area contributed by atoms with Crippen LogP contribution in [-0.4, -0.2) is 24.1 Å². The van der Waals surface area contributed by atoms with Crippen molar-refractivity contribution < 1.29 is 14.3 Å². The van der Waals surface area contributed by atoms with E-state index in [0.29, 0.717) is 36.0 Å². The zero-order valence-electron chi connectivity index (χ0n) is 13.1. The molecule has 0 bridgehead atoms. The smallest absolute Gasteiger partial charge is 0.257 e. The molecule has 22 heavy (non-hydrogen) atoms. The van der Waals surface area contributed by atoms with Gasteiger partial charge < -0.3 is 14.8 Å². The van der Waals surface area contributed by atoms with Gasteiger partial charge in [0.25, 0.3) is 5.91 Å². The SMILES string of the molecule is CCOc1ccc(NC(=O)c2ccc(OCC)nc2C)cc1. The lowest BCUT2D eigenvalue weighted by atomic mass is 10.2. The minimum Gasteiger partial charge on any atom is -0.494 e. The van der Waals surface area contributed by atoms with E-state index in [1.54, 1.807) is 31.2 Å². The first kappa shape index (κ1) is 15.8. The normalized spacial score (nSPS) is 10.1. The van der Waals surface area contributed by atoms with E-state index in [1.165, 1.54) is 0 Å². The molecule has 0 saturated heterocycles. The Balaban J connectivity index is 2.08. The van der Waals surface area contributed by atoms with Crippen LogP contribution < -0.4 is 14.8 Å². The van der Waals surface area contributed by atoms with E-state index in [4.69, 9.17) is 9.47 Å². The summed E-state index contributed by atoms with van der Waals surface area (Å²) < 4.78 is 10.7. The predicted octanol–water partition coefficient (Wildman–Crippen LogP) is 3.44. The molecule has 0 aliphatic heterocycles. The minimum absolute atomic E-state index is 0.197. The van der Waals surface area contributed by atoms with E-state index in [1.807, 2.05) is 26.0 Å². The fourth-order valence-corrected chi connectivity index (χ4v) is 2.01. The molecule has 0 saturated carbocycles. The monoisotopic (exact) mass is 300 g/mol. The Morgan fingerprint density at radius 2 is 1.73 bits per heavy atom. The maximum absolute atomic E-state index is 12.3. The highest BCUT2D eigenvalue weighted by molar-refractivity contribution is 6.05. The number of ether oxygens (including phenoxy) is 2. The number of nitrogens with one attached hydrogen (secondary N) is 1. The van der Waals surface area contributed by atoms with Crippen molar-refractivity contribution in [1.29, 1.82) is 0 Å². The van der Waals surface area contributed by atoms with Gasteiger partial charge >= 0.3 is 0 Å². The number of anilines is 1. The van der Waals surface area contributed by atoms with Gasteiger partial charge in [0, 0.05) is 11.8 Å². The average molecular weight is 300 g/mol. The topological polar surface area (TPSA) is 60.5 Å². The molecule has 1 aromatic carbocycles. The van der Waals surface area contributed by atoms with E-state index in [0.717, 1.165) is 5.75 Å². The van der Waals surface area contributed by atoms with Crippen molar-refractivity contribution in [2.45, 2.75) is 20.8 Å². The third-order valence-electron chi connectivity index (χ3n) is 3.02. The zero-order chi connectivity index (χ0) is 15.9. The van der Waals surface area contributed by atoms with Crippen molar-refractivity contribution in [2.75, 3.05) is 18.5 Å². The summed E-state index contributed by atoms with van der Waals surface area (Å²) in [5.74, 6) is 1.11. The van der Waals surface area contributed by atoms with Gasteiger partial charge in [0.15, 0.2) is 0 Å².